The molecular formula is C10H17N3O. The summed E-state index contributed by atoms with van der Waals surface area (Å²) in [6, 6.07) is 1.13. The van der Waals surface area contributed by atoms with Crippen molar-refractivity contribution in [1.29, 1.82) is 0 Å². The number of hydrogen-bond acceptors (Lipinski definition) is 4. The molecule has 1 aromatic heterocycles. The zero-order chi connectivity index (χ0) is 9.97. The van der Waals surface area contributed by atoms with Crippen LogP contribution in [0.25, 0.3) is 0 Å². The smallest absolute Gasteiger partial charge is 0.294 e. The van der Waals surface area contributed by atoms with Crippen molar-refractivity contribution in [2.75, 3.05) is 25.5 Å². The highest BCUT2D eigenvalue weighted by Crippen LogP contribution is 2.14. The van der Waals surface area contributed by atoms with Crippen LogP contribution in [0.4, 0.5) is 6.01 Å². The Morgan fingerprint density at radius 3 is 3.14 bits per heavy atom. The van der Waals surface area contributed by atoms with Crippen molar-refractivity contribution in [2.24, 2.45) is 0 Å². The maximum Gasteiger partial charge on any atom is 0.294 e. The van der Waals surface area contributed by atoms with Gasteiger partial charge in [-0.05, 0) is 33.4 Å². The molecule has 1 N–H and O–H groups in total. The third-order valence-corrected chi connectivity index (χ3v) is 2.57. The number of anilines is 1. The van der Waals surface area contributed by atoms with Crippen molar-refractivity contribution in [3.63, 3.8) is 0 Å². The SMILES string of the molecule is Cc1cnc(NC2CCCN(C)C2)o1. The van der Waals surface area contributed by atoms with Gasteiger partial charge in [0.1, 0.15) is 5.76 Å². The minimum absolute atomic E-state index is 0.479. The molecule has 1 aliphatic rings. The molecule has 14 heavy (non-hydrogen) atoms. The molecule has 4 nitrogen and oxygen atoms in total. The summed E-state index contributed by atoms with van der Waals surface area (Å²) >= 11 is 0. The van der Waals surface area contributed by atoms with Gasteiger partial charge in [0.25, 0.3) is 6.01 Å². The minimum atomic E-state index is 0.479. The lowest BCUT2D eigenvalue weighted by Crippen LogP contribution is -2.39. The molecule has 0 bridgehead atoms. The Bertz CT molecular complexity index is 297. The largest absolute Gasteiger partial charge is 0.429 e. The number of likely N-dealkylation sites (tertiary alicyclic amines) is 1. The highest BCUT2D eigenvalue weighted by atomic mass is 16.4. The number of nitrogens with one attached hydrogen (secondary N) is 1. The molecule has 1 saturated heterocycles. The van der Waals surface area contributed by atoms with Gasteiger partial charge in [-0.3, -0.25) is 0 Å². The molecule has 0 saturated carbocycles. The Kier molecular flexibility index (Phi) is 2.72. The number of aromatic nitrogens is 1. The van der Waals surface area contributed by atoms with E-state index in [4.69, 9.17) is 4.42 Å². The summed E-state index contributed by atoms with van der Waals surface area (Å²) in [6.45, 7) is 4.18. The van der Waals surface area contributed by atoms with Crippen LogP contribution in [-0.4, -0.2) is 36.1 Å². The van der Waals surface area contributed by atoms with Gasteiger partial charge in [0, 0.05) is 12.6 Å². The molecular weight excluding hydrogens is 178 g/mol. The van der Waals surface area contributed by atoms with E-state index in [2.05, 4.69) is 22.2 Å². The Labute approximate surface area is 84.3 Å². The summed E-state index contributed by atoms with van der Waals surface area (Å²) in [5, 5.41) is 3.31. The van der Waals surface area contributed by atoms with E-state index in [0.717, 1.165) is 12.3 Å². The minimum Gasteiger partial charge on any atom is -0.429 e. The highest BCUT2D eigenvalue weighted by molar-refractivity contribution is 5.22. The number of rotatable bonds is 2. The number of aryl methyl sites for hydroxylation is 1. The van der Waals surface area contributed by atoms with E-state index in [9.17, 15) is 0 Å². The number of nitrogens with zero attached hydrogens (tertiary/aromatic N) is 2. The molecule has 0 aromatic carbocycles. The van der Waals surface area contributed by atoms with Crippen LogP contribution in [0.5, 0.6) is 0 Å². The molecule has 0 aliphatic carbocycles. The second-order valence-corrected chi connectivity index (χ2v) is 4.02. The summed E-state index contributed by atoms with van der Waals surface area (Å²) in [6.07, 6.45) is 4.19. The second kappa shape index (κ2) is 4.00. The first-order valence-corrected chi connectivity index (χ1v) is 5.11. The van der Waals surface area contributed by atoms with Crippen LogP contribution >= 0.6 is 0 Å². The van der Waals surface area contributed by atoms with Gasteiger partial charge >= 0.3 is 0 Å². The van der Waals surface area contributed by atoms with Gasteiger partial charge in [-0.2, -0.15) is 0 Å². The molecule has 0 radical (unpaired) electrons. The molecule has 4 heteroatoms. The number of hydrogen-bond donors (Lipinski definition) is 1. The molecule has 1 atom stereocenters. The maximum atomic E-state index is 5.38. The van der Waals surface area contributed by atoms with E-state index in [1.165, 1.54) is 19.4 Å². The van der Waals surface area contributed by atoms with Crippen molar-refractivity contribution in [1.82, 2.24) is 9.88 Å². The van der Waals surface area contributed by atoms with Crippen LogP contribution in [0.2, 0.25) is 0 Å². The van der Waals surface area contributed by atoms with Crippen molar-refractivity contribution in [3.8, 4) is 0 Å². The van der Waals surface area contributed by atoms with E-state index in [-0.39, 0.29) is 0 Å². The molecule has 0 spiro atoms. The van der Waals surface area contributed by atoms with E-state index in [0.29, 0.717) is 12.1 Å². The third-order valence-electron chi connectivity index (χ3n) is 2.57. The Hall–Kier alpha value is -1.03. The fraction of sp³-hybridized carbons (Fsp3) is 0.700. The van der Waals surface area contributed by atoms with Crippen LogP contribution in [0.3, 0.4) is 0 Å². The van der Waals surface area contributed by atoms with Crippen LogP contribution in [0.1, 0.15) is 18.6 Å². The van der Waals surface area contributed by atoms with Crippen molar-refractivity contribution in [3.05, 3.63) is 12.0 Å². The van der Waals surface area contributed by atoms with Gasteiger partial charge in [0.2, 0.25) is 0 Å². The Balaban J connectivity index is 1.90. The maximum absolute atomic E-state index is 5.38. The topological polar surface area (TPSA) is 41.3 Å². The van der Waals surface area contributed by atoms with Crippen LogP contribution in [0.15, 0.2) is 10.6 Å². The Morgan fingerprint density at radius 2 is 2.50 bits per heavy atom. The quantitative estimate of drug-likeness (QED) is 0.776. The van der Waals surface area contributed by atoms with Crippen molar-refractivity contribution < 1.29 is 4.42 Å². The zero-order valence-corrected chi connectivity index (χ0v) is 8.79. The van der Waals surface area contributed by atoms with Gasteiger partial charge in [0.15, 0.2) is 0 Å². The molecule has 1 aromatic rings. The average Bonchev–Trinajstić information content (AvgIpc) is 2.51. The molecule has 0 amide bonds. The van der Waals surface area contributed by atoms with Crippen LogP contribution in [-0.2, 0) is 0 Å². The summed E-state index contributed by atoms with van der Waals surface area (Å²) in [7, 11) is 2.15. The summed E-state index contributed by atoms with van der Waals surface area (Å²) in [5.74, 6) is 0.858. The summed E-state index contributed by atoms with van der Waals surface area (Å²) < 4.78 is 5.38. The molecule has 1 unspecified atom stereocenters. The molecule has 2 heterocycles. The van der Waals surface area contributed by atoms with Crippen LogP contribution < -0.4 is 5.32 Å². The third kappa shape index (κ3) is 2.26. The highest BCUT2D eigenvalue weighted by Gasteiger charge is 2.18. The first kappa shape index (κ1) is 9.52. The summed E-state index contributed by atoms with van der Waals surface area (Å²) in [4.78, 5) is 6.47. The van der Waals surface area contributed by atoms with Crippen molar-refractivity contribution >= 4 is 6.01 Å². The fourth-order valence-corrected chi connectivity index (χ4v) is 1.88. The van der Waals surface area contributed by atoms with Gasteiger partial charge in [0.05, 0.1) is 6.20 Å². The fourth-order valence-electron chi connectivity index (χ4n) is 1.88. The van der Waals surface area contributed by atoms with Crippen LogP contribution in [0, 0.1) is 6.92 Å². The van der Waals surface area contributed by atoms with E-state index < -0.39 is 0 Å². The summed E-state index contributed by atoms with van der Waals surface area (Å²) in [5.41, 5.74) is 0. The van der Waals surface area contributed by atoms with Gasteiger partial charge in [-0.25, -0.2) is 4.98 Å². The first-order chi connectivity index (χ1) is 6.74. The lowest BCUT2D eigenvalue weighted by molar-refractivity contribution is 0.259. The number of likely N-dealkylation sites (N-methyl/N-ethyl adjacent to an activating group) is 1. The van der Waals surface area contributed by atoms with E-state index >= 15 is 0 Å². The zero-order valence-electron chi connectivity index (χ0n) is 8.79. The van der Waals surface area contributed by atoms with Gasteiger partial charge < -0.3 is 14.6 Å². The van der Waals surface area contributed by atoms with E-state index in [1.54, 1.807) is 6.20 Å². The lowest BCUT2D eigenvalue weighted by atomic mass is 10.1. The average molecular weight is 195 g/mol. The van der Waals surface area contributed by atoms with Crippen molar-refractivity contribution in [2.45, 2.75) is 25.8 Å². The molecule has 1 aliphatic heterocycles. The Morgan fingerprint density at radius 1 is 1.64 bits per heavy atom. The molecule has 1 fully saturated rings. The number of oxazole rings is 1. The van der Waals surface area contributed by atoms with E-state index in [1.807, 2.05) is 6.92 Å². The predicted octanol–water partition coefficient (Wildman–Crippen LogP) is 1.49. The predicted molar refractivity (Wildman–Crippen MR) is 55.4 cm³/mol. The van der Waals surface area contributed by atoms with Gasteiger partial charge in [-0.1, -0.05) is 0 Å². The lowest BCUT2D eigenvalue weighted by Gasteiger charge is -2.29. The first-order valence-electron chi connectivity index (χ1n) is 5.11. The monoisotopic (exact) mass is 195 g/mol. The standard InChI is InChI=1S/C10H17N3O/c1-8-6-11-10(14-8)12-9-4-3-5-13(2)7-9/h6,9H,3-5,7H2,1-2H3,(H,11,12). The molecule has 2 rings (SSSR count). The van der Waals surface area contributed by atoms with Gasteiger partial charge in [-0.15, -0.1) is 0 Å². The molecule has 78 valence electrons. The second-order valence-electron chi connectivity index (χ2n) is 4.02. The normalized spacial score (nSPS) is 23.7. The number of piperidine rings is 1.